The van der Waals surface area contributed by atoms with Crippen LogP contribution in [0.2, 0.25) is 0 Å². The molecule has 0 atom stereocenters. The number of aliphatic imine (C=N–C) groups is 2. The van der Waals surface area contributed by atoms with Crippen LogP contribution < -0.4 is 9.47 Å². The molecule has 14 heteroatoms. The number of amides is 6. The quantitative estimate of drug-likeness (QED) is 0.342. The summed E-state index contributed by atoms with van der Waals surface area (Å²) >= 11 is 5.58. The monoisotopic (exact) mass is 618 g/mol. The third kappa shape index (κ3) is 4.58. The van der Waals surface area contributed by atoms with Crippen molar-refractivity contribution >= 4 is 82.3 Å². The fourth-order valence-corrected chi connectivity index (χ4v) is 10.3. The van der Waals surface area contributed by atoms with E-state index in [1.54, 1.807) is 27.7 Å². The Balaban J connectivity index is 1.66. The first-order valence-electron chi connectivity index (χ1n) is 12.7. The molecule has 40 heavy (non-hydrogen) atoms. The average molecular weight is 619 g/mol. The number of ether oxygens (including phenoxy) is 2. The van der Waals surface area contributed by atoms with Gasteiger partial charge in [0, 0.05) is 13.1 Å². The Bertz CT molecular complexity index is 1360. The number of hydrogen-bond acceptors (Lipinski definition) is 10. The summed E-state index contributed by atoms with van der Waals surface area (Å²) in [5.41, 5.74) is 1.54. The Labute approximate surface area is 248 Å². The molecule has 1 aromatic rings. The van der Waals surface area contributed by atoms with Crippen LogP contribution in [-0.2, 0) is 9.59 Å². The number of likely N-dealkylation sites (N-methyl/N-ethyl adjacent to an activating group) is 2. The average Bonchev–Trinajstić information content (AvgIpc) is 3.51. The first kappa shape index (κ1) is 28.8. The summed E-state index contributed by atoms with van der Waals surface area (Å²) in [4.78, 5) is 64.8. The second-order valence-corrected chi connectivity index (χ2v) is 13.2. The van der Waals surface area contributed by atoms with E-state index in [-0.39, 0.29) is 24.9 Å². The van der Waals surface area contributed by atoms with E-state index < -0.39 is 12.1 Å². The van der Waals surface area contributed by atoms with Crippen LogP contribution in [0.15, 0.2) is 49.2 Å². The van der Waals surface area contributed by atoms with E-state index in [0.717, 1.165) is 29.4 Å². The highest BCUT2D eigenvalue weighted by molar-refractivity contribution is 8.26. The second-order valence-electron chi connectivity index (χ2n) is 8.63. The van der Waals surface area contributed by atoms with Crippen LogP contribution in [0.4, 0.5) is 9.59 Å². The van der Waals surface area contributed by atoms with Crippen molar-refractivity contribution in [2.75, 3.05) is 26.3 Å². The maximum atomic E-state index is 13.3. The Morgan fingerprint density at radius 3 is 1.20 bits per heavy atom. The van der Waals surface area contributed by atoms with Crippen LogP contribution in [0.25, 0.3) is 0 Å². The first-order valence-corrected chi connectivity index (χ1v) is 16.0. The summed E-state index contributed by atoms with van der Waals surface area (Å²) in [7, 11) is 0. The zero-order valence-electron chi connectivity index (χ0n) is 22.7. The SMILES string of the molecule is CCOc1c2c(c(OCC)c3c1SC(=C1C(=O)N(CC)C(=O)N=C1C)S3)SC(=C1C(=O)N(CC)C(=O)N=C1C)S2. The second kappa shape index (κ2) is 11.3. The number of fused-ring (bicyclic) bond motifs is 2. The van der Waals surface area contributed by atoms with Gasteiger partial charge in [-0.05, 0) is 41.5 Å². The number of thioether (sulfide) groups is 4. The van der Waals surface area contributed by atoms with Crippen LogP contribution >= 0.6 is 47.0 Å². The third-order valence-corrected chi connectivity index (χ3v) is 11.5. The van der Waals surface area contributed by atoms with Crippen molar-refractivity contribution < 1.29 is 28.7 Å². The maximum absolute atomic E-state index is 13.3. The maximum Gasteiger partial charge on any atom is 0.350 e. The molecule has 5 rings (SSSR count). The summed E-state index contributed by atoms with van der Waals surface area (Å²) in [6.45, 7) is 11.9. The zero-order chi connectivity index (χ0) is 28.9. The minimum absolute atomic E-state index is 0.226. The van der Waals surface area contributed by atoms with Crippen molar-refractivity contribution in [2.24, 2.45) is 9.98 Å². The van der Waals surface area contributed by atoms with Crippen molar-refractivity contribution in [2.45, 2.75) is 61.1 Å². The molecule has 0 N–H and O–H groups in total. The van der Waals surface area contributed by atoms with Crippen molar-refractivity contribution in [1.82, 2.24) is 9.80 Å². The lowest BCUT2D eigenvalue weighted by molar-refractivity contribution is -0.124. The van der Waals surface area contributed by atoms with Crippen molar-refractivity contribution in [3.63, 3.8) is 0 Å². The Hall–Kier alpha value is -2.68. The van der Waals surface area contributed by atoms with Gasteiger partial charge in [-0.3, -0.25) is 19.4 Å². The topological polar surface area (TPSA) is 118 Å². The van der Waals surface area contributed by atoms with E-state index in [4.69, 9.17) is 9.47 Å². The Kier molecular flexibility index (Phi) is 8.15. The molecule has 4 aliphatic heterocycles. The van der Waals surface area contributed by atoms with Gasteiger partial charge in [-0.2, -0.15) is 9.98 Å². The summed E-state index contributed by atoms with van der Waals surface area (Å²) in [6.07, 6.45) is 0. The van der Waals surface area contributed by atoms with Gasteiger partial charge in [0.2, 0.25) is 0 Å². The predicted octanol–water partition coefficient (Wildman–Crippen LogP) is 6.19. The van der Waals surface area contributed by atoms with E-state index in [1.807, 2.05) is 13.8 Å². The van der Waals surface area contributed by atoms with Gasteiger partial charge in [-0.25, -0.2) is 9.59 Å². The lowest BCUT2D eigenvalue weighted by Crippen LogP contribution is -2.41. The Morgan fingerprint density at radius 1 is 0.600 bits per heavy atom. The number of nitrogens with zero attached hydrogens (tertiary/aromatic N) is 4. The molecule has 0 spiro atoms. The molecular formula is C26H26N4O6S4. The van der Waals surface area contributed by atoms with Gasteiger partial charge >= 0.3 is 12.1 Å². The van der Waals surface area contributed by atoms with Crippen LogP contribution in [0.3, 0.4) is 0 Å². The number of benzene rings is 1. The van der Waals surface area contributed by atoms with E-state index in [0.29, 0.717) is 55.8 Å². The van der Waals surface area contributed by atoms with Gasteiger partial charge in [-0.15, -0.1) is 0 Å². The van der Waals surface area contributed by atoms with Gasteiger partial charge in [0.15, 0.2) is 0 Å². The summed E-state index contributed by atoms with van der Waals surface area (Å²) < 4.78 is 13.8. The molecular weight excluding hydrogens is 593 g/mol. The Morgan fingerprint density at radius 2 is 0.925 bits per heavy atom. The van der Waals surface area contributed by atoms with Crippen LogP contribution in [0.5, 0.6) is 11.5 Å². The zero-order valence-corrected chi connectivity index (χ0v) is 26.0. The van der Waals surface area contributed by atoms with Gasteiger partial charge in [0.1, 0.15) is 11.5 Å². The lowest BCUT2D eigenvalue weighted by Gasteiger charge is -2.23. The summed E-state index contributed by atoms with van der Waals surface area (Å²) in [6, 6.07) is -1.12. The van der Waals surface area contributed by atoms with Gasteiger partial charge in [0.05, 0.1) is 63.8 Å². The molecule has 0 aliphatic carbocycles. The van der Waals surface area contributed by atoms with Crippen molar-refractivity contribution in [3.05, 3.63) is 19.6 Å². The highest BCUT2D eigenvalue weighted by Gasteiger charge is 2.42. The van der Waals surface area contributed by atoms with Crippen molar-refractivity contribution in [1.29, 1.82) is 0 Å². The molecule has 6 amide bonds. The van der Waals surface area contributed by atoms with Crippen LogP contribution in [-0.4, -0.2) is 71.4 Å². The molecule has 4 aliphatic rings. The van der Waals surface area contributed by atoms with E-state index in [1.165, 1.54) is 47.0 Å². The van der Waals surface area contributed by atoms with Gasteiger partial charge in [0.25, 0.3) is 11.8 Å². The third-order valence-electron chi connectivity index (χ3n) is 6.26. The minimum atomic E-state index is -0.559. The molecule has 10 nitrogen and oxygen atoms in total. The van der Waals surface area contributed by atoms with Crippen molar-refractivity contribution in [3.8, 4) is 11.5 Å². The predicted molar refractivity (Wildman–Crippen MR) is 158 cm³/mol. The number of imide groups is 2. The highest BCUT2D eigenvalue weighted by Crippen LogP contribution is 2.68. The summed E-state index contributed by atoms with van der Waals surface area (Å²) in [5, 5.41) is 0. The number of carbonyl (C=O) groups is 4. The smallest absolute Gasteiger partial charge is 0.350 e. The number of carbonyl (C=O) groups excluding carboxylic acids is 4. The standard InChI is InChI=1S/C26H26N4O6S4/c1-7-29-21(31)13(11(5)27-25(29)33)23-37-17-15(35-9-3)19-20(16(36-10-4)18(17)38-23)40-24(39-19)14-12(6)28-26(34)30(8-2)22(14)32/h7-10H2,1-6H3. The van der Waals surface area contributed by atoms with Gasteiger partial charge < -0.3 is 9.47 Å². The number of rotatable bonds is 6. The molecule has 210 valence electrons. The first-order chi connectivity index (χ1) is 19.2. The summed E-state index contributed by atoms with van der Waals surface area (Å²) in [5.74, 6) is 0.532. The molecule has 0 aromatic heterocycles. The highest BCUT2D eigenvalue weighted by atomic mass is 32.2. The number of urea groups is 2. The van der Waals surface area contributed by atoms with E-state index >= 15 is 0 Å². The van der Waals surface area contributed by atoms with Crippen LogP contribution in [0.1, 0.15) is 41.5 Å². The molecule has 0 bridgehead atoms. The molecule has 4 heterocycles. The molecule has 0 unspecified atom stereocenters. The fraction of sp³-hybridized carbons (Fsp3) is 0.385. The lowest BCUT2D eigenvalue weighted by atomic mass is 10.1. The minimum Gasteiger partial charge on any atom is -0.491 e. The molecule has 0 radical (unpaired) electrons. The van der Waals surface area contributed by atoms with Crippen LogP contribution in [0, 0.1) is 0 Å². The molecule has 1 aromatic carbocycles. The number of hydrogen-bond donors (Lipinski definition) is 0. The van der Waals surface area contributed by atoms with Gasteiger partial charge in [-0.1, -0.05) is 47.0 Å². The molecule has 0 fully saturated rings. The fourth-order valence-electron chi connectivity index (χ4n) is 4.46. The molecule has 0 saturated heterocycles. The largest absolute Gasteiger partial charge is 0.491 e. The van der Waals surface area contributed by atoms with E-state index in [2.05, 4.69) is 9.98 Å². The van der Waals surface area contributed by atoms with E-state index in [9.17, 15) is 19.2 Å². The molecule has 0 saturated carbocycles. The normalized spacial score (nSPS) is 18.9.